The first kappa shape index (κ1) is 38.5. The summed E-state index contributed by atoms with van der Waals surface area (Å²) >= 11 is 0. The summed E-state index contributed by atoms with van der Waals surface area (Å²) in [5.74, 6) is 0.246. The number of carbonyl (C=O) groups excluding carboxylic acids is 3. The molecule has 1 atom stereocenters. The normalized spacial score (nSPS) is 12.8. The maximum absolute atomic E-state index is 12.1. The Balaban J connectivity index is 3.81. The van der Waals surface area contributed by atoms with Gasteiger partial charge in [0.15, 0.2) is 11.9 Å². The van der Waals surface area contributed by atoms with Gasteiger partial charge in [-0.05, 0) is 50.5 Å². The molecule has 0 unspecified atom stereocenters. The van der Waals surface area contributed by atoms with Crippen molar-refractivity contribution in [3.8, 4) is 0 Å². The number of esters is 2. The molecule has 41 heavy (non-hydrogen) atoms. The second-order valence-corrected chi connectivity index (χ2v) is 11.0. The van der Waals surface area contributed by atoms with Crippen molar-refractivity contribution in [2.24, 2.45) is 5.92 Å². The summed E-state index contributed by atoms with van der Waals surface area (Å²) < 4.78 is 10.4. The summed E-state index contributed by atoms with van der Waals surface area (Å²) in [5.41, 5.74) is 0. The van der Waals surface area contributed by atoms with Crippen LogP contribution in [0.5, 0.6) is 0 Å². The fourth-order valence-electron chi connectivity index (χ4n) is 4.04. The Hall–Kier alpha value is -2.47. The summed E-state index contributed by atoms with van der Waals surface area (Å²) in [5, 5.41) is 9.46. The average molecular weight is 575 g/mol. The van der Waals surface area contributed by atoms with Crippen molar-refractivity contribution in [3.63, 3.8) is 0 Å². The lowest BCUT2D eigenvalue weighted by Gasteiger charge is -2.15. The third kappa shape index (κ3) is 28.8. The van der Waals surface area contributed by atoms with Crippen molar-refractivity contribution in [2.45, 2.75) is 136 Å². The Labute approximate surface area is 250 Å². The van der Waals surface area contributed by atoms with Crippen molar-refractivity contribution in [2.75, 3.05) is 13.2 Å². The number of hydrogen-bond acceptors (Lipinski definition) is 6. The van der Waals surface area contributed by atoms with E-state index < -0.39 is 12.1 Å². The Morgan fingerprint density at radius 2 is 1.34 bits per heavy atom. The van der Waals surface area contributed by atoms with Crippen LogP contribution in [0.4, 0.5) is 0 Å². The van der Waals surface area contributed by atoms with Gasteiger partial charge >= 0.3 is 11.9 Å². The molecule has 6 heteroatoms. The number of aliphatic hydroxyl groups excluding tert-OH is 1. The highest BCUT2D eigenvalue weighted by Crippen LogP contribution is 2.12. The van der Waals surface area contributed by atoms with E-state index in [2.05, 4.69) is 39.0 Å². The van der Waals surface area contributed by atoms with Crippen LogP contribution in [0.2, 0.25) is 0 Å². The quantitative estimate of drug-likeness (QED) is 0.0348. The van der Waals surface area contributed by atoms with Crippen LogP contribution in [-0.4, -0.2) is 42.1 Å². The fraction of sp³-hybridized carbons (Fsp3) is 0.686. The van der Waals surface area contributed by atoms with E-state index in [4.69, 9.17) is 9.47 Å². The maximum atomic E-state index is 12.1. The van der Waals surface area contributed by atoms with E-state index in [-0.39, 0.29) is 31.4 Å². The fourth-order valence-corrected chi connectivity index (χ4v) is 4.04. The molecule has 0 spiro atoms. The lowest BCUT2D eigenvalue weighted by molar-refractivity contribution is -0.161. The van der Waals surface area contributed by atoms with E-state index in [0.29, 0.717) is 19.3 Å². The van der Waals surface area contributed by atoms with E-state index in [1.807, 2.05) is 18.2 Å². The van der Waals surface area contributed by atoms with Gasteiger partial charge in [-0.3, -0.25) is 14.4 Å². The molecule has 0 radical (unpaired) electrons. The molecule has 0 fully saturated rings. The number of carbonyl (C=O) groups is 3. The highest BCUT2D eigenvalue weighted by Gasteiger charge is 2.15. The largest absolute Gasteiger partial charge is 0.462 e. The van der Waals surface area contributed by atoms with Crippen LogP contribution >= 0.6 is 0 Å². The molecule has 0 bridgehead atoms. The zero-order valence-electron chi connectivity index (χ0n) is 26.2. The van der Waals surface area contributed by atoms with E-state index in [1.165, 1.54) is 25.7 Å². The van der Waals surface area contributed by atoms with Crippen molar-refractivity contribution in [3.05, 3.63) is 48.6 Å². The van der Waals surface area contributed by atoms with Crippen LogP contribution in [0.3, 0.4) is 0 Å². The van der Waals surface area contributed by atoms with Crippen molar-refractivity contribution in [1.82, 2.24) is 0 Å². The first-order chi connectivity index (χ1) is 19.9. The molecule has 0 aliphatic rings. The number of aliphatic hydroxyl groups is 1. The van der Waals surface area contributed by atoms with E-state index >= 15 is 0 Å². The summed E-state index contributed by atoms with van der Waals surface area (Å²) in [4.78, 5) is 35.6. The number of allylic oxidation sites excluding steroid dienone is 8. The lowest BCUT2D eigenvalue weighted by atomic mass is 10.0. The maximum Gasteiger partial charge on any atom is 0.306 e. The van der Waals surface area contributed by atoms with Gasteiger partial charge in [-0.2, -0.15) is 0 Å². The molecular formula is C35H58O6. The van der Waals surface area contributed by atoms with Gasteiger partial charge in [0.05, 0.1) is 6.61 Å². The number of ketones is 1. The lowest BCUT2D eigenvalue weighted by Crippen LogP contribution is -2.28. The molecule has 0 saturated carbocycles. The zero-order valence-corrected chi connectivity index (χ0v) is 26.2. The van der Waals surface area contributed by atoms with Crippen LogP contribution in [0.25, 0.3) is 0 Å². The molecule has 0 aliphatic heterocycles. The number of unbranched alkanes of at least 4 members (excludes halogenated alkanes) is 8. The van der Waals surface area contributed by atoms with Crippen molar-refractivity contribution < 1.29 is 29.0 Å². The third-order valence-corrected chi connectivity index (χ3v) is 6.53. The van der Waals surface area contributed by atoms with E-state index in [1.54, 1.807) is 12.2 Å². The van der Waals surface area contributed by atoms with Crippen LogP contribution in [0.15, 0.2) is 48.6 Å². The summed E-state index contributed by atoms with van der Waals surface area (Å²) in [6, 6.07) is 0. The molecule has 0 saturated heterocycles. The molecule has 234 valence electrons. The topological polar surface area (TPSA) is 89.9 Å². The Kier molecular flexibility index (Phi) is 27.3. The molecule has 1 N–H and O–H groups in total. The van der Waals surface area contributed by atoms with Gasteiger partial charge in [0.25, 0.3) is 0 Å². The van der Waals surface area contributed by atoms with E-state index in [9.17, 15) is 19.5 Å². The van der Waals surface area contributed by atoms with Gasteiger partial charge in [0.2, 0.25) is 0 Å². The predicted octanol–water partition coefficient (Wildman–Crippen LogP) is 8.54. The average Bonchev–Trinajstić information content (AvgIpc) is 2.94. The zero-order chi connectivity index (χ0) is 30.4. The van der Waals surface area contributed by atoms with Gasteiger partial charge < -0.3 is 14.6 Å². The number of rotatable bonds is 27. The summed E-state index contributed by atoms with van der Waals surface area (Å²) in [6.07, 6.45) is 30.2. The minimum absolute atomic E-state index is 0.106. The summed E-state index contributed by atoms with van der Waals surface area (Å²) in [6.45, 7) is 6.15. The molecule has 0 aromatic carbocycles. The number of hydrogen-bond donors (Lipinski definition) is 1. The Morgan fingerprint density at radius 3 is 2.05 bits per heavy atom. The molecule has 0 rings (SSSR count). The Morgan fingerprint density at radius 1 is 0.707 bits per heavy atom. The molecule has 6 nitrogen and oxygen atoms in total. The third-order valence-electron chi connectivity index (χ3n) is 6.53. The minimum Gasteiger partial charge on any atom is -0.462 e. The molecule has 0 aliphatic carbocycles. The van der Waals surface area contributed by atoms with Gasteiger partial charge in [-0.1, -0.05) is 115 Å². The second-order valence-electron chi connectivity index (χ2n) is 11.0. The van der Waals surface area contributed by atoms with Crippen LogP contribution in [0, 0.1) is 5.92 Å². The Bertz CT molecular complexity index is 778. The van der Waals surface area contributed by atoms with Crippen molar-refractivity contribution in [1.29, 1.82) is 0 Å². The highest BCUT2D eigenvalue weighted by atomic mass is 16.6. The molecule has 0 aromatic rings. The SMILES string of the molecule is CCCCCC(=O)/C=C/C=C\C/C=C\C/C=C\CCCC(=O)O[C@@H](CO)COC(=O)CCCCCCCCC(C)C. The molecular weight excluding hydrogens is 516 g/mol. The van der Waals surface area contributed by atoms with Gasteiger partial charge in [0, 0.05) is 19.3 Å². The van der Waals surface area contributed by atoms with Crippen LogP contribution in [0.1, 0.15) is 130 Å². The van der Waals surface area contributed by atoms with Gasteiger partial charge in [-0.25, -0.2) is 0 Å². The van der Waals surface area contributed by atoms with Crippen LogP contribution in [-0.2, 0) is 23.9 Å². The number of ether oxygens (including phenoxy) is 2. The summed E-state index contributed by atoms with van der Waals surface area (Å²) in [7, 11) is 0. The predicted molar refractivity (Wildman–Crippen MR) is 168 cm³/mol. The monoisotopic (exact) mass is 574 g/mol. The second kappa shape index (κ2) is 29.0. The smallest absolute Gasteiger partial charge is 0.306 e. The van der Waals surface area contributed by atoms with Crippen LogP contribution < -0.4 is 0 Å². The standard InChI is InChI=1S/C35H58O6/c1-4-5-19-25-32(37)26-21-16-11-9-7-6-8-10-12-18-23-28-35(39)41-33(29-36)30-40-34(38)27-22-17-14-13-15-20-24-31(2)3/h6-7,10-12,16,21,26,31,33,36H,4-5,8-9,13-15,17-20,22-25,27-30H2,1-3H3/b7-6-,12-10-,16-11-,26-21+/t33-/m0/s1. The molecule has 0 amide bonds. The molecule has 0 heterocycles. The molecule has 0 aromatic heterocycles. The first-order valence-corrected chi connectivity index (χ1v) is 16.0. The van der Waals surface area contributed by atoms with E-state index in [0.717, 1.165) is 63.7 Å². The minimum atomic E-state index is -0.816. The first-order valence-electron chi connectivity index (χ1n) is 16.0. The van der Waals surface area contributed by atoms with Gasteiger partial charge in [-0.15, -0.1) is 0 Å². The van der Waals surface area contributed by atoms with Gasteiger partial charge in [0.1, 0.15) is 6.61 Å². The highest BCUT2D eigenvalue weighted by molar-refractivity contribution is 5.89. The van der Waals surface area contributed by atoms with Crippen molar-refractivity contribution >= 4 is 17.7 Å².